The number of aliphatic hydroxyl groups is 1. The summed E-state index contributed by atoms with van der Waals surface area (Å²) in [5, 5.41) is 12.1. The Kier molecular flexibility index (Phi) is 5.26. The van der Waals surface area contributed by atoms with Crippen molar-refractivity contribution in [1.29, 1.82) is 0 Å². The van der Waals surface area contributed by atoms with E-state index in [9.17, 15) is 14.7 Å². The van der Waals surface area contributed by atoms with E-state index in [1.807, 2.05) is 0 Å². The average Bonchev–Trinajstić information content (AvgIpc) is 2.69. The SMILES string of the molecule is O=C1CCCC(=O)C1=C(O)c1ccc2nccc(Oc3ccc(Cl)cc3Cl)c2c1. The number of aliphatic hydroxyl groups excluding tert-OH is 1. The summed E-state index contributed by atoms with van der Waals surface area (Å²) in [6.07, 6.45) is 2.61. The summed E-state index contributed by atoms with van der Waals surface area (Å²) >= 11 is 12.1. The van der Waals surface area contributed by atoms with E-state index >= 15 is 0 Å². The molecule has 0 aliphatic heterocycles. The first kappa shape index (κ1) is 19.4. The molecular weight excluding hydrogens is 413 g/mol. The Labute approximate surface area is 176 Å². The number of hydrogen-bond donors (Lipinski definition) is 1. The first-order valence-electron chi connectivity index (χ1n) is 8.96. The van der Waals surface area contributed by atoms with Gasteiger partial charge in [0, 0.05) is 35.0 Å². The zero-order chi connectivity index (χ0) is 20.5. The van der Waals surface area contributed by atoms with Gasteiger partial charge >= 0.3 is 0 Å². The van der Waals surface area contributed by atoms with Crippen molar-refractivity contribution in [3.8, 4) is 11.5 Å². The average molecular weight is 428 g/mol. The Bertz CT molecular complexity index is 1170. The molecule has 0 atom stereocenters. The van der Waals surface area contributed by atoms with Gasteiger partial charge in [0.25, 0.3) is 0 Å². The number of rotatable bonds is 3. The third-order valence-electron chi connectivity index (χ3n) is 4.69. The van der Waals surface area contributed by atoms with Crippen LogP contribution >= 0.6 is 23.2 Å². The number of hydrogen-bond acceptors (Lipinski definition) is 5. The van der Waals surface area contributed by atoms with E-state index in [1.54, 1.807) is 48.7 Å². The smallest absolute Gasteiger partial charge is 0.170 e. The normalized spacial score (nSPS) is 14.3. The van der Waals surface area contributed by atoms with Gasteiger partial charge in [-0.2, -0.15) is 0 Å². The second-order valence-electron chi connectivity index (χ2n) is 6.64. The zero-order valence-electron chi connectivity index (χ0n) is 15.1. The lowest BCUT2D eigenvalue weighted by Crippen LogP contribution is -2.20. The van der Waals surface area contributed by atoms with Gasteiger partial charge in [0.05, 0.1) is 10.5 Å². The number of allylic oxidation sites excluding steroid dienone is 1. The fraction of sp³-hybridized carbons (Fsp3) is 0.136. The molecule has 29 heavy (non-hydrogen) atoms. The van der Waals surface area contributed by atoms with Crippen LogP contribution in [0.1, 0.15) is 24.8 Å². The maximum atomic E-state index is 12.2. The van der Waals surface area contributed by atoms with Gasteiger partial charge < -0.3 is 9.84 Å². The molecule has 1 heterocycles. The molecule has 2 aromatic carbocycles. The van der Waals surface area contributed by atoms with Crippen molar-refractivity contribution in [2.75, 3.05) is 0 Å². The molecule has 0 bridgehead atoms. The summed E-state index contributed by atoms with van der Waals surface area (Å²) in [5.74, 6) is -0.126. The molecule has 1 aliphatic carbocycles. The van der Waals surface area contributed by atoms with Gasteiger partial charge in [0.1, 0.15) is 22.8 Å². The largest absolute Gasteiger partial charge is 0.506 e. The Balaban J connectivity index is 1.80. The lowest BCUT2D eigenvalue weighted by atomic mass is 9.89. The van der Waals surface area contributed by atoms with Gasteiger partial charge in [0.15, 0.2) is 11.6 Å². The van der Waals surface area contributed by atoms with Crippen LogP contribution in [0, 0.1) is 0 Å². The number of pyridine rings is 1. The minimum atomic E-state index is -0.338. The molecule has 1 fully saturated rings. The predicted molar refractivity (Wildman–Crippen MR) is 112 cm³/mol. The number of ether oxygens (including phenoxy) is 1. The summed E-state index contributed by atoms with van der Waals surface area (Å²) in [6.45, 7) is 0. The van der Waals surface area contributed by atoms with Gasteiger partial charge in [-0.05, 0) is 48.9 Å². The Hall–Kier alpha value is -2.89. The molecule has 1 N–H and O–H groups in total. The van der Waals surface area contributed by atoms with Gasteiger partial charge in [-0.25, -0.2) is 0 Å². The van der Waals surface area contributed by atoms with Crippen LogP contribution in [0.3, 0.4) is 0 Å². The van der Waals surface area contributed by atoms with Crippen LogP contribution in [-0.4, -0.2) is 21.7 Å². The van der Waals surface area contributed by atoms with Crippen LogP contribution in [0.4, 0.5) is 0 Å². The van der Waals surface area contributed by atoms with Crippen LogP contribution in [-0.2, 0) is 9.59 Å². The molecule has 3 aromatic rings. The first-order valence-corrected chi connectivity index (χ1v) is 9.71. The fourth-order valence-corrected chi connectivity index (χ4v) is 3.70. The quantitative estimate of drug-likeness (QED) is 0.318. The second kappa shape index (κ2) is 7.85. The maximum absolute atomic E-state index is 12.2. The highest BCUT2D eigenvalue weighted by Gasteiger charge is 2.27. The molecule has 4 rings (SSSR count). The molecule has 1 aliphatic rings. The fourth-order valence-electron chi connectivity index (χ4n) is 3.26. The predicted octanol–water partition coefficient (Wildman–Crippen LogP) is 5.93. The number of carbonyl (C=O) groups excluding carboxylic acids is 2. The molecule has 7 heteroatoms. The Morgan fingerprint density at radius 1 is 0.966 bits per heavy atom. The summed E-state index contributed by atoms with van der Waals surface area (Å²) in [7, 11) is 0. The molecular formula is C22H15Cl2NO4. The highest BCUT2D eigenvalue weighted by atomic mass is 35.5. The molecule has 0 saturated heterocycles. The number of nitrogens with zero attached hydrogens (tertiary/aromatic N) is 1. The maximum Gasteiger partial charge on any atom is 0.170 e. The van der Waals surface area contributed by atoms with Gasteiger partial charge in [-0.3, -0.25) is 14.6 Å². The van der Waals surface area contributed by atoms with Gasteiger partial charge in [0.2, 0.25) is 0 Å². The van der Waals surface area contributed by atoms with E-state index in [-0.39, 0.29) is 35.7 Å². The Morgan fingerprint density at radius 3 is 2.45 bits per heavy atom. The van der Waals surface area contributed by atoms with Gasteiger partial charge in [-0.15, -0.1) is 0 Å². The number of aromatic nitrogens is 1. The molecule has 0 unspecified atom stereocenters. The van der Waals surface area contributed by atoms with Crippen LogP contribution in [0.5, 0.6) is 11.5 Å². The van der Waals surface area contributed by atoms with Crippen LogP contribution in [0.25, 0.3) is 16.7 Å². The van der Waals surface area contributed by atoms with E-state index in [0.29, 0.717) is 44.4 Å². The van der Waals surface area contributed by atoms with Crippen molar-refractivity contribution in [2.45, 2.75) is 19.3 Å². The topological polar surface area (TPSA) is 76.5 Å². The summed E-state index contributed by atoms with van der Waals surface area (Å²) < 4.78 is 5.94. The van der Waals surface area contributed by atoms with Crippen molar-refractivity contribution in [3.05, 3.63) is 69.8 Å². The molecule has 1 saturated carbocycles. The molecule has 0 radical (unpaired) electrons. The molecule has 5 nitrogen and oxygen atoms in total. The van der Waals surface area contributed by atoms with Crippen molar-refractivity contribution in [3.63, 3.8) is 0 Å². The number of halogens is 2. The van der Waals surface area contributed by atoms with Crippen molar-refractivity contribution < 1.29 is 19.4 Å². The highest BCUT2D eigenvalue weighted by molar-refractivity contribution is 6.35. The molecule has 146 valence electrons. The third-order valence-corrected chi connectivity index (χ3v) is 5.22. The number of ketones is 2. The summed E-state index contributed by atoms with van der Waals surface area (Å²) in [5.41, 5.74) is 0.828. The minimum Gasteiger partial charge on any atom is -0.506 e. The van der Waals surface area contributed by atoms with Crippen molar-refractivity contribution >= 4 is 51.4 Å². The van der Waals surface area contributed by atoms with Crippen molar-refractivity contribution in [2.24, 2.45) is 0 Å². The van der Waals surface area contributed by atoms with E-state index in [0.717, 1.165) is 0 Å². The van der Waals surface area contributed by atoms with E-state index in [2.05, 4.69) is 4.98 Å². The Morgan fingerprint density at radius 2 is 1.72 bits per heavy atom. The lowest BCUT2D eigenvalue weighted by molar-refractivity contribution is -0.123. The monoisotopic (exact) mass is 427 g/mol. The first-order chi connectivity index (χ1) is 13.9. The second-order valence-corrected chi connectivity index (χ2v) is 7.48. The van der Waals surface area contributed by atoms with Crippen LogP contribution < -0.4 is 4.74 Å². The van der Waals surface area contributed by atoms with E-state index in [4.69, 9.17) is 27.9 Å². The molecule has 1 aromatic heterocycles. The van der Waals surface area contributed by atoms with Crippen LogP contribution in [0.2, 0.25) is 10.0 Å². The highest BCUT2D eigenvalue weighted by Crippen LogP contribution is 2.36. The van der Waals surface area contributed by atoms with E-state index < -0.39 is 0 Å². The third kappa shape index (κ3) is 3.84. The van der Waals surface area contributed by atoms with Crippen LogP contribution in [0.15, 0.2) is 54.2 Å². The number of benzene rings is 2. The molecule has 0 amide bonds. The number of fused-ring (bicyclic) bond motifs is 1. The molecule has 0 spiro atoms. The van der Waals surface area contributed by atoms with E-state index in [1.165, 1.54) is 0 Å². The van der Waals surface area contributed by atoms with Crippen molar-refractivity contribution in [1.82, 2.24) is 4.98 Å². The summed E-state index contributed by atoms with van der Waals surface area (Å²) in [4.78, 5) is 28.6. The summed E-state index contributed by atoms with van der Waals surface area (Å²) in [6, 6.07) is 11.5. The number of carbonyl (C=O) groups is 2. The van der Waals surface area contributed by atoms with Gasteiger partial charge in [-0.1, -0.05) is 23.2 Å². The standard InChI is InChI=1S/C22H15Cl2NO4/c23-13-5-7-20(15(24)11-13)29-19-8-9-25-16-6-4-12(10-14(16)19)22(28)21-17(26)2-1-3-18(21)27/h4-11,28H,1-3H2. The lowest BCUT2D eigenvalue weighted by Gasteiger charge is -2.15. The minimum absolute atomic E-state index is 0.136. The number of Topliss-reactive ketones (excluding diaryl/α,β-unsaturated/α-hetero) is 2. The zero-order valence-corrected chi connectivity index (χ0v) is 16.6.